The Kier molecular flexibility index (Phi) is 5.73. The molecule has 0 spiro atoms. The quantitative estimate of drug-likeness (QED) is 0.565. The molecule has 4 N–H and O–H groups in total. The molecule has 1 fully saturated rings. The molecular weight excluding hydrogens is 422 g/mol. The first-order valence-corrected chi connectivity index (χ1v) is 12.2. The SMILES string of the molecule is Cc1cnc2c(N)c(C(=O)N[C@@H]3CCc4cc(N5CCCC[C@@H](O)C5)ccc4C3)sc2n1. The Hall–Kier alpha value is -2.71. The zero-order valence-corrected chi connectivity index (χ0v) is 19.1. The fourth-order valence-corrected chi connectivity index (χ4v) is 5.81. The number of aryl methyl sites for hydroxylation is 2. The first-order valence-electron chi connectivity index (χ1n) is 11.3. The molecule has 8 heteroatoms. The number of anilines is 2. The van der Waals surface area contributed by atoms with Gasteiger partial charge in [0.1, 0.15) is 15.2 Å². The number of carbonyl (C=O) groups is 1. The molecule has 3 aromatic rings. The van der Waals surface area contributed by atoms with Gasteiger partial charge in [0, 0.05) is 31.0 Å². The highest BCUT2D eigenvalue weighted by Gasteiger charge is 2.25. The number of nitrogens with two attached hydrogens (primary N) is 1. The van der Waals surface area contributed by atoms with Crippen molar-refractivity contribution in [3.8, 4) is 0 Å². The molecule has 1 aliphatic carbocycles. The van der Waals surface area contributed by atoms with Crippen LogP contribution in [0.25, 0.3) is 10.3 Å². The number of thiophene rings is 1. The van der Waals surface area contributed by atoms with Crippen molar-refractivity contribution in [3.05, 3.63) is 46.1 Å². The predicted octanol–water partition coefficient (Wildman–Crippen LogP) is 3.22. The Morgan fingerprint density at radius 1 is 1.28 bits per heavy atom. The lowest BCUT2D eigenvalue weighted by Crippen LogP contribution is -2.39. The van der Waals surface area contributed by atoms with Gasteiger partial charge < -0.3 is 21.1 Å². The second-order valence-electron chi connectivity index (χ2n) is 8.97. The second kappa shape index (κ2) is 8.67. The van der Waals surface area contributed by atoms with Crippen molar-refractivity contribution in [1.82, 2.24) is 15.3 Å². The minimum atomic E-state index is -0.247. The van der Waals surface area contributed by atoms with Crippen molar-refractivity contribution < 1.29 is 9.90 Å². The number of β-amino-alcohol motifs (C(OH)–C–C–N with tert-alkyl or cyclic N) is 1. The maximum atomic E-state index is 13.0. The van der Waals surface area contributed by atoms with Gasteiger partial charge in [-0.1, -0.05) is 6.07 Å². The van der Waals surface area contributed by atoms with E-state index in [2.05, 4.69) is 38.4 Å². The molecular formula is C24H29N5O2S. The standard InChI is InChI=1S/C24H29N5O2S/c1-14-12-26-21-20(25)22(32-24(21)27-14)23(31)28-17-7-5-16-11-18(8-6-15(16)10-17)29-9-3-2-4-19(30)13-29/h6,8,11-12,17,19,30H,2-5,7,9-10,13,25H2,1H3,(H,28,31)/t17-,19-/m1/s1. The summed E-state index contributed by atoms with van der Waals surface area (Å²) in [4.78, 5) is 25.2. The summed E-state index contributed by atoms with van der Waals surface area (Å²) in [5, 5.41) is 13.3. The van der Waals surface area contributed by atoms with Crippen molar-refractivity contribution in [3.63, 3.8) is 0 Å². The number of hydrogen-bond donors (Lipinski definition) is 3. The summed E-state index contributed by atoms with van der Waals surface area (Å²) in [7, 11) is 0. The van der Waals surface area contributed by atoms with Crippen LogP contribution in [0.15, 0.2) is 24.4 Å². The number of aliphatic hydroxyl groups excluding tert-OH is 1. The maximum Gasteiger partial charge on any atom is 0.263 e. The van der Waals surface area contributed by atoms with E-state index < -0.39 is 0 Å². The zero-order valence-electron chi connectivity index (χ0n) is 18.3. The van der Waals surface area contributed by atoms with E-state index >= 15 is 0 Å². The summed E-state index contributed by atoms with van der Waals surface area (Å²) in [6.45, 7) is 3.58. The Morgan fingerprint density at radius 3 is 3.03 bits per heavy atom. The Balaban J connectivity index is 1.28. The average Bonchev–Trinajstić information content (AvgIpc) is 2.95. The van der Waals surface area contributed by atoms with Crippen LogP contribution in [0, 0.1) is 6.92 Å². The van der Waals surface area contributed by atoms with E-state index in [1.807, 2.05) is 6.92 Å². The number of fused-ring (bicyclic) bond motifs is 2. The molecule has 0 unspecified atom stereocenters. The zero-order chi connectivity index (χ0) is 22.2. The van der Waals surface area contributed by atoms with Crippen molar-refractivity contribution in [2.45, 2.75) is 57.6 Å². The first kappa shape index (κ1) is 21.2. The van der Waals surface area contributed by atoms with Gasteiger partial charge in [-0.2, -0.15) is 0 Å². The van der Waals surface area contributed by atoms with E-state index in [1.54, 1.807) is 6.20 Å². The molecule has 5 rings (SSSR count). The third-order valence-electron chi connectivity index (χ3n) is 6.53. The van der Waals surface area contributed by atoms with Crippen LogP contribution in [-0.4, -0.2) is 46.2 Å². The van der Waals surface area contributed by atoms with Gasteiger partial charge >= 0.3 is 0 Å². The van der Waals surface area contributed by atoms with Crippen molar-refractivity contribution in [2.24, 2.45) is 0 Å². The largest absolute Gasteiger partial charge is 0.396 e. The van der Waals surface area contributed by atoms with Crippen LogP contribution in [-0.2, 0) is 12.8 Å². The Bertz CT molecular complexity index is 1160. The number of nitrogens with zero attached hydrogens (tertiary/aromatic N) is 3. The molecule has 32 heavy (non-hydrogen) atoms. The molecule has 0 bridgehead atoms. The third-order valence-corrected chi connectivity index (χ3v) is 7.62. The van der Waals surface area contributed by atoms with Gasteiger partial charge in [0.15, 0.2) is 0 Å². The topological polar surface area (TPSA) is 104 Å². The van der Waals surface area contributed by atoms with Gasteiger partial charge in [0.05, 0.1) is 17.5 Å². The molecule has 2 aromatic heterocycles. The van der Waals surface area contributed by atoms with Crippen molar-refractivity contribution in [1.29, 1.82) is 0 Å². The molecule has 2 aliphatic rings. The van der Waals surface area contributed by atoms with Gasteiger partial charge in [-0.15, -0.1) is 11.3 Å². The molecule has 1 amide bonds. The maximum absolute atomic E-state index is 13.0. The Labute approximate surface area is 191 Å². The van der Waals surface area contributed by atoms with Gasteiger partial charge in [-0.3, -0.25) is 4.79 Å². The first-order chi connectivity index (χ1) is 15.5. The van der Waals surface area contributed by atoms with Gasteiger partial charge in [0.25, 0.3) is 5.91 Å². The number of benzene rings is 1. The number of hydrogen-bond acceptors (Lipinski definition) is 7. The van der Waals surface area contributed by atoms with Crippen molar-refractivity contribution in [2.75, 3.05) is 23.7 Å². The number of nitrogen functional groups attached to an aromatic ring is 1. The number of nitrogens with one attached hydrogen (secondary N) is 1. The van der Waals surface area contributed by atoms with Crippen LogP contribution in [0.1, 0.15) is 52.2 Å². The molecule has 7 nitrogen and oxygen atoms in total. The summed E-state index contributed by atoms with van der Waals surface area (Å²) >= 11 is 1.30. The third kappa shape index (κ3) is 4.17. The molecule has 0 saturated carbocycles. The fourth-order valence-electron chi connectivity index (χ4n) is 4.81. The van der Waals surface area contributed by atoms with Gasteiger partial charge in [-0.25, -0.2) is 9.97 Å². The normalized spacial score (nSPS) is 21.2. The van der Waals surface area contributed by atoms with Crippen LogP contribution >= 0.6 is 11.3 Å². The number of amides is 1. The molecule has 0 radical (unpaired) electrons. The molecule has 2 atom stereocenters. The van der Waals surface area contributed by atoms with Crippen LogP contribution in [0.4, 0.5) is 11.4 Å². The van der Waals surface area contributed by atoms with Gasteiger partial charge in [-0.05, 0) is 68.7 Å². The van der Waals surface area contributed by atoms with E-state index in [4.69, 9.17) is 5.73 Å². The molecule has 168 valence electrons. The summed E-state index contributed by atoms with van der Waals surface area (Å²) in [6.07, 6.45) is 7.15. The van der Waals surface area contributed by atoms with E-state index in [-0.39, 0.29) is 18.1 Å². The molecule has 3 heterocycles. The predicted molar refractivity (Wildman–Crippen MR) is 128 cm³/mol. The number of aliphatic hydroxyl groups is 1. The average molecular weight is 452 g/mol. The highest BCUT2D eigenvalue weighted by Crippen LogP contribution is 2.32. The minimum absolute atomic E-state index is 0.0770. The van der Waals surface area contributed by atoms with E-state index in [1.165, 1.54) is 28.2 Å². The minimum Gasteiger partial charge on any atom is -0.396 e. The summed E-state index contributed by atoms with van der Waals surface area (Å²) in [6, 6.07) is 6.69. The number of aromatic nitrogens is 2. The fraction of sp³-hybridized carbons (Fsp3) is 0.458. The van der Waals surface area contributed by atoms with Gasteiger partial charge in [0.2, 0.25) is 0 Å². The summed E-state index contributed by atoms with van der Waals surface area (Å²) < 4.78 is 0. The molecule has 1 aliphatic heterocycles. The van der Waals surface area contributed by atoms with E-state index in [0.717, 1.165) is 50.8 Å². The van der Waals surface area contributed by atoms with Crippen molar-refractivity contribution >= 4 is 39.0 Å². The number of carbonyl (C=O) groups excluding carboxylic acids is 1. The van der Waals surface area contributed by atoms with Crippen LogP contribution in [0.5, 0.6) is 0 Å². The smallest absolute Gasteiger partial charge is 0.263 e. The van der Waals surface area contributed by atoms with Crippen LogP contribution < -0.4 is 16.0 Å². The highest BCUT2D eigenvalue weighted by molar-refractivity contribution is 7.21. The molecule has 1 aromatic carbocycles. The Morgan fingerprint density at radius 2 is 2.16 bits per heavy atom. The lowest BCUT2D eigenvalue weighted by atomic mass is 9.87. The monoisotopic (exact) mass is 451 g/mol. The van der Waals surface area contributed by atoms with E-state index in [0.29, 0.717) is 27.5 Å². The van der Waals surface area contributed by atoms with E-state index in [9.17, 15) is 9.90 Å². The van der Waals surface area contributed by atoms with Crippen LogP contribution in [0.2, 0.25) is 0 Å². The summed E-state index contributed by atoms with van der Waals surface area (Å²) in [5.74, 6) is -0.145. The lowest BCUT2D eigenvalue weighted by Gasteiger charge is -2.29. The lowest BCUT2D eigenvalue weighted by molar-refractivity contribution is 0.0938. The second-order valence-corrected chi connectivity index (χ2v) is 9.97. The highest BCUT2D eigenvalue weighted by atomic mass is 32.1. The summed E-state index contributed by atoms with van der Waals surface area (Å²) in [5.41, 5.74) is 11.8. The van der Waals surface area contributed by atoms with Crippen LogP contribution in [0.3, 0.4) is 0 Å². The molecule has 1 saturated heterocycles. The number of rotatable bonds is 3.